The van der Waals surface area contributed by atoms with Crippen molar-refractivity contribution < 1.29 is 0 Å². The molecule has 1 saturated carbocycles. The SMILES string of the molecule is CC(C)C1CNC2(CCCCC2)CN1c1cccc(Cl)c1. The molecule has 0 bridgehead atoms. The van der Waals surface area contributed by atoms with Gasteiger partial charge in [-0.05, 0) is 37.0 Å². The molecule has 1 heterocycles. The fourth-order valence-corrected chi connectivity index (χ4v) is 4.21. The average molecular weight is 307 g/mol. The summed E-state index contributed by atoms with van der Waals surface area (Å²) < 4.78 is 0. The van der Waals surface area contributed by atoms with Crippen LogP contribution in [0.5, 0.6) is 0 Å². The van der Waals surface area contributed by atoms with Gasteiger partial charge in [-0.15, -0.1) is 0 Å². The zero-order valence-corrected chi connectivity index (χ0v) is 14.0. The maximum Gasteiger partial charge on any atom is 0.0438 e. The first-order valence-corrected chi connectivity index (χ1v) is 8.75. The van der Waals surface area contributed by atoms with E-state index in [1.807, 2.05) is 6.07 Å². The highest BCUT2D eigenvalue weighted by Gasteiger charge is 2.40. The van der Waals surface area contributed by atoms with Crippen LogP contribution < -0.4 is 10.2 Å². The van der Waals surface area contributed by atoms with E-state index in [4.69, 9.17) is 11.6 Å². The van der Waals surface area contributed by atoms with Crippen LogP contribution >= 0.6 is 11.6 Å². The number of nitrogens with zero attached hydrogens (tertiary/aromatic N) is 1. The van der Waals surface area contributed by atoms with Crippen LogP contribution in [0.4, 0.5) is 5.69 Å². The summed E-state index contributed by atoms with van der Waals surface area (Å²) in [5.41, 5.74) is 1.61. The molecule has 1 aromatic carbocycles. The van der Waals surface area contributed by atoms with Crippen LogP contribution in [0.25, 0.3) is 0 Å². The zero-order valence-electron chi connectivity index (χ0n) is 13.2. The van der Waals surface area contributed by atoms with E-state index in [9.17, 15) is 0 Å². The van der Waals surface area contributed by atoms with Crippen molar-refractivity contribution in [2.24, 2.45) is 5.92 Å². The minimum atomic E-state index is 0.325. The Hall–Kier alpha value is -0.730. The molecule has 0 aromatic heterocycles. The van der Waals surface area contributed by atoms with Crippen LogP contribution in [0.15, 0.2) is 24.3 Å². The molecule has 1 unspecified atom stereocenters. The first-order valence-electron chi connectivity index (χ1n) is 8.37. The lowest BCUT2D eigenvalue weighted by molar-refractivity contribution is 0.184. The summed E-state index contributed by atoms with van der Waals surface area (Å²) in [7, 11) is 0. The fourth-order valence-electron chi connectivity index (χ4n) is 4.03. The normalized spacial score (nSPS) is 25.5. The zero-order chi connectivity index (χ0) is 14.9. The lowest BCUT2D eigenvalue weighted by Gasteiger charge is -2.52. The lowest BCUT2D eigenvalue weighted by atomic mass is 9.78. The van der Waals surface area contributed by atoms with E-state index < -0.39 is 0 Å². The predicted octanol–water partition coefficient (Wildman–Crippen LogP) is 4.48. The van der Waals surface area contributed by atoms with Gasteiger partial charge in [0, 0.05) is 35.4 Å². The maximum atomic E-state index is 6.23. The molecule has 3 rings (SSSR count). The summed E-state index contributed by atoms with van der Waals surface area (Å²) in [5.74, 6) is 0.637. The Labute approximate surface area is 133 Å². The van der Waals surface area contributed by atoms with Crippen molar-refractivity contribution >= 4 is 17.3 Å². The number of anilines is 1. The molecule has 2 nitrogen and oxygen atoms in total. The van der Waals surface area contributed by atoms with E-state index in [1.54, 1.807) is 0 Å². The number of piperazine rings is 1. The van der Waals surface area contributed by atoms with Crippen molar-refractivity contribution in [1.29, 1.82) is 0 Å². The molecule has 2 aliphatic rings. The van der Waals surface area contributed by atoms with Gasteiger partial charge in [-0.1, -0.05) is 50.8 Å². The number of halogens is 1. The van der Waals surface area contributed by atoms with E-state index >= 15 is 0 Å². The van der Waals surface area contributed by atoms with Crippen molar-refractivity contribution in [1.82, 2.24) is 5.32 Å². The van der Waals surface area contributed by atoms with E-state index in [0.717, 1.165) is 18.1 Å². The third kappa shape index (κ3) is 3.22. The Morgan fingerprint density at radius 1 is 1.24 bits per heavy atom. The molecule has 1 spiro atoms. The van der Waals surface area contributed by atoms with Crippen LogP contribution in [0, 0.1) is 5.92 Å². The maximum absolute atomic E-state index is 6.23. The molecule has 2 fully saturated rings. The van der Waals surface area contributed by atoms with Gasteiger partial charge in [-0.2, -0.15) is 0 Å². The van der Waals surface area contributed by atoms with E-state index in [-0.39, 0.29) is 0 Å². The molecule has 3 heteroatoms. The van der Waals surface area contributed by atoms with Gasteiger partial charge < -0.3 is 10.2 Å². The molecule has 1 saturated heterocycles. The summed E-state index contributed by atoms with van der Waals surface area (Å²) >= 11 is 6.23. The second-order valence-corrected chi connectivity index (χ2v) is 7.58. The first kappa shape index (κ1) is 15.2. The molecule has 1 aliphatic carbocycles. The molecule has 0 amide bonds. The smallest absolute Gasteiger partial charge is 0.0438 e. The van der Waals surface area contributed by atoms with Crippen molar-refractivity contribution in [3.8, 4) is 0 Å². The number of hydrogen-bond acceptors (Lipinski definition) is 2. The second kappa shape index (κ2) is 6.18. The van der Waals surface area contributed by atoms with Gasteiger partial charge in [0.2, 0.25) is 0 Å². The van der Waals surface area contributed by atoms with Gasteiger partial charge in [0.25, 0.3) is 0 Å². The Morgan fingerprint density at radius 2 is 2.00 bits per heavy atom. The third-order valence-corrected chi connectivity index (χ3v) is 5.51. The summed E-state index contributed by atoms with van der Waals surface area (Å²) in [5, 5.41) is 4.74. The molecular formula is C18H27ClN2. The molecule has 1 N–H and O–H groups in total. The van der Waals surface area contributed by atoms with Gasteiger partial charge in [0.05, 0.1) is 0 Å². The molecule has 21 heavy (non-hydrogen) atoms. The highest BCUT2D eigenvalue weighted by molar-refractivity contribution is 6.30. The van der Waals surface area contributed by atoms with Gasteiger partial charge in [-0.25, -0.2) is 0 Å². The summed E-state index contributed by atoms with van der Waals surface area (Å²) in [6.45, 7) is 6.85. The van der Waals surface area contributed by atoms with Crippen LogP contribution in [-0.2, 0) is 0 Å². The monoisotopic (exact) mass is 306 g/mol. The molecule has 1 atom stereocenters. The number of hydrogen-bond donors (Lipinski definition) is 1. The van der Waals surface area contributed by atoms with Gasteiger partial charge >= 0.3 is 0 Å². The highest BCUT2D eigenvalue weighted by Crippen LogP contribution is 2.35. The van der Waals surface area contributed by atoms with E-state index in [2.05, 4.69) is 42.3 Å². The molecular weight excluding hydrogens is 280 g/mol. The van der Waals surface area contributed by atoms with Crippen LogP contribution in [0.3, 0.4) is 0 Å². The Balaban J connectivity index is 1.87. The van der Waals surface area contributed by atoms with E-state index in [0.29, 0.717) is 17.5 Å². The highest BCUT2D eigenvalue weighted by atomic mass is 35.5. The minimum Gasteiger partial charge on any atom is -0.365 e. The third-order valence-electron chi connectivity index (χ3n) is 5.28. The topological polar surface area (TPSA) is 15.3 Å². The summed E-state index contributed by atoms with van der Waals surface area (Å²) in [6, 6.07) is 8.93. The van der Waals surface area contributed by atoms with Gasteiger partial charge in [0.1, 0.15) is 0 Å². The standard InChI is InChI=1S/C18H27ClN2/c1-14(2)17-12-20-18(9-4-3-5-10-18)13-21(17)16-8-6-7-15(19)11-16/h6-8,11,14,17,20H,3-5,9-10,12-13H2,1-2H3. The minimum absolute atomic E-state index is 0.325. The van der Waals surface area contributed by atoms with Crippen molar-refractivity contribution in [2.75, 3.05) is 18.0 Å². The van der Waals surface area contributed by atoms with Crippen LogP contribution in [0.1, 0.15) is 46.0 Å². The number of benzene rings is 1. The van der Waals surface area contributed by atoms with Crippen molar-refractivity contribution in [3.05, 3.63) is 29.3 Å². The lowest BCUT2D eigenvalue weighted by Crippen LogP contribution is -2.66. The van der Waals surface area contributed by atoms with E-state index in [1.165, 1.54) is 37.8 Å². The van der Waals surface area contributed by atoms with Crippen molar-refractivity contribution in [3.63, 3.8) is 0 Å². The van der Waals surface area contributed by atoms with Crippen LogP contribution in [0.2, 0.25) is 5.02 Å². The van der Waals surface area contributed by atoms with Crippen LogP contribution in [-0.4, -0.2) is 24.7 Å². The average Bonchev–Trinajstić information content (AvgIpc) is 2.48. The van der Waals surface area contributed by atoms with Gasteiger partial charge in [0.15, 0.2) is 0 Å². The Morgan fingerprint density at radius 3 is 2.67 bits per heavy atom. The number of nitrogens with one attached hydrogen (secondary N) is 1. The van der Waals surface area contributed by atoms with Crippen molar-refractivity contribution in [2.45, 2.75) is 57.5 Å². The molecule has 1 aliphatic heterocycles. The Kier molecular flexibility index (Phi) is 4.46. The summed E-state index contributed by atoms with van der Waals surface area (Å²) in [4.78, 5) is 2.61. The summed E-state index contributed by atoms with van der Waals surface area (Å²) in [6.07, 6.45) is 6.75. The molecule has 1 aromatic rings. The first-order chi connectivity index (χ1) is 10.1. The predicted molar refractivity (Wildman–Crippen MR) is 91.2 cm³/mol. The largest absolute Gasteiger partial charge is 0.365 e. The quantitative estimate of drug-likeness (QED) is 0.867. The second-order valence-electron chi connectivity index (χ2n) is 7.14. The number of rotatable bonds is 2. The molecule has 116 valence electrons. The molecule has 0 radical (unpaired) electrons. The fraction of sp³-hybridized carbons (Fsp3) is 0.667. The van der Waals surface area contributed by atoms with Gasteiger partial charge in [-0.3, -0.25) is 0 Å². The Bertz CT molecular complexity index is 480.